The van der Waals surface area contributed by atoms with Gasteiger partial charge in [0.25, 0.3) is 0 Å². The van der Waals surface area contributed by atoms with Gasteiger partial charge in [0.1, 0.15) is 0 Å². The van der Waals surface area contributed by atoms with Crippen LogP contribution in [0.1, 0.15) is 34.1 Å². The fourth-order valence-electron chi connectivity index (χ4n) is 1.11. The minimum atomic E-state index is -1.59. The van der Waals surface area contributed by atoms with Gasteiger partial charge in [-0.25, -0.2) is 0 Å². The van der Waals surface area contributed by atoms with E-state index in [0.29, 0.717) is 5.05 Å². The molecule has 0 aliphatic heterocycles. The summed E-state index contributed by atoms with van der Waals surface area (Å²) in [6, 6.07) is 0.878. The fraction of sp³-hybridized carbons (Fsp3) is 0.900. The molecule has 0 aromatic carbocycles. The highest BCUT2D eigenvalue weighted by Crippen LogP contribution is 2.08. The van der Waals surface area contributed by atoms with E-state index in [1.165, 1.54) is 0 Å². The lowest BCUT2D eigenvalue weighted by Gasteiger charge is -2.21. The van der Waals surface area contributed by atoms with Crippen LogP contribution in [0.3, 0.4) is 0 Å². The van der Waals surface area contributed by atoms with E-state index in [0.717, 1.165) is 12.5 Å². The standard InChI is InChI=1S/C10H22O3SSi/c1-8(2)12-15(13-9(3)4)7-6-10(14)11-5/h8-9,15H,6-7H2,1-5H3. The smallest absolute Gasteiger partial charge is 0.322 e. The molecule has 0 N–H and O–H groups in total. The molecule has 0 aromatic heterocycles. The summed E-state index contributed by atoms with van der Waals surface area (Å²) in [5, 5.41) is 0.632. The van der Waals surface area contributed by atoms with Crippen LogP contribution in [0.25, 0.3) is 0 Å². The van der Waals surface area contributed by atoms with Crippen LogP contribution in [-0.2, 0) is 13.6 Å². The molecule has 0 radical (unpaired) electrons. The fourth-order valence-corrected chi connectivity index (χ4v) is 3.49. The molecular formula is C10H22O3SSi. The van der Waals surface area contributed by atoms with Crippen molar-refractivity contribution in [1.29, 1.82) is 0 Å². The first kappa shape index (κ1) is 15.0. The first-order chi connectivity index (χ1) is 6.95. The summed E-state index contributed by atoms with van der Waals surface area (Å²) in [5.41, 5.74) is 0. The van der Waals surface area contributed by atoms with Gasteiger partial charge in [0.15, 0.2) is 5.05 Å². The summed E-state index contributed by atoms with van der Waals surface area (Å²) in [6.07, 6.45) is 1.19. The van der Waals surface area contributed by atoms with Gasteiger partial charge in [-0.3, -0.25) is 0 Å². The van der Waals surface area contributed by atoms with Crippen molar-refractivity contribution >= 4 is 26.6 Å². The van der Waals surface area contributed by atoms with Crippen LogP contribution in [-0.4, -0.2) is 33.7 Å². The predicted octanol–water partition coefficient (Wildman–Crippen LogP) is 2.42. The molecule has 0 heterocycles. The summed E-state index contributed by atoms with van der Waals surface area (Å²) < 4.78 is 16.5. The first-order valence-electron chi connectivity index (χ1n) is 5.33. The highest BCUT2D eigenvalue weighted by atomic mass is 32.1. The second kappa shape index (κ2) is 8.21. The molecule has 15 heavy (non-hydrogen) atoms. The zero-order valence-electron chi connectivity index (χ0n) is 10.3. The molecule has 0 amide bonds. The van der Waals surface area contributed by atoms with E-state index in [-0.39, 0.29) is 12.2 Å². The van der Waals surface area contributed by atoms with Crippen LogP contribution >= 0.6 is 12.2 Å². The average Bonchev–Trinajstić information content (AvgIpc) is 2.11. The molecule has 0 fully saturated rings. The molecule has 0 aromatic rings. The van der Waals surface area contributed by atoms with Crippen molar-refractivity contribution in [2.45, 2.75) is 52.4 Å². The average molecular weight is 250 g/mol. The zero-order valence-corrected chi connectivity index (χ0v) is 12.3. The molecule has 0 aliphatic rings. The normalized spacial score (nSPS) is 11.5. The number of hydrogen-bond acceptors (Lipinski definition) is 4. The van der Waals surface area contributed by atoms with E-state index in [1.54, 1.807) is 7.11 Å². The maximum Gasteiger partial charge on any atom is 0.322 e. The van der Waals surface area contributed by atoms with Gasteiger partial charge in [-0.1, -0.05) is 0 Å². The van der Waals surface area contributed by atoms with Crippen LogP contribution in [0.5, 0.6) is 0 Å². The summed E-state index contributed by atoms with van der Waals surface area (Å²) in [4.78, 5) is 0. The maximum absolute atomic E-state index is 5.76. The SMILES string of the molecule is COC(=S)CC[SiH](OC(C)C)OC(C)C. The zero-order chi connectivity index (χ0) is 11.8. The van der Waals surface area contributed by atoms with Crippen LogP contribution in [0.2, 0.25) is 6.04 Å². The maximum atomic E-state index is 5.76. The number of rotatable bonds is 7. The van der Waals surface area contributed by atoms with Crippen molar-refractivity contribution in [1.82, 2.24) is 0 Å². The monoisotopic (exact) mass is 250 g/mol. The molecular weight excluding hydrogens is 228 g/mol. The Kier molecular flexibility index (Phi) is 8.23. The molecule has 0 aliphatic carbocycles. The van der Waals surface area contributed by atoms with Crippen LogP contribution < -0.4 is 0 Å². The Morgan fingerprint density at radius 2 is 1.60 bits per heavy atom. The second-order valence-corrected chi connectivity index (χ2v) is 6.35. The Morgan fingerprint density at radius 3 is 1.93 bits per heavy atom. The van der Waals surface area contributed by atoms with Gasteiger partial charge in [0, 0.05) is 18.6 Å². The number of thiocarbonyl (C=S) groups is 1. The minimum absolute atomic E-state index is 0.219. The van der Waals surface area contributed by atoms with Gasteiger partial charge in [-0.05, 0) is 46.0 Å². The Hall–Kier alpha value is 0.0269. The number of methoxy groups -OCH3 is 1. The van der Waals surface area contributed by atoms with Crippen molar-refractivity contribution < 1.29 is 13.6 Å². The minimum Gasteiger partial charge on any atom is -0.490 e. The van der Waals surface area contributed by atoms with E-state index < -0.39 is 9.28 Å². The van der Waals surface area contributed by atoms with E-state index in [4.69, 9.17) is 25.8 Å². The van der Waals surface area contributed by atoms with Crippen LogP contribution in [0.4, 0.5) is 0 Å². The Labute approximate surface area is 99.9 Å². The number of ether oxygens (including phenoxy) is 1. The Balaban J connectivity index is 3.95. The predicted molar refractivity (Wildman–Crippen MR) is 68.6 cm³/mol. The summed E-state index contributed by atoms with van der Waals surface area (Å²) in [7, 11) is 0.0156. The van der Waals surface area contributed by atoms with Crippen LogP contribution in [0, 0.1) is 0 Å². The number of hydrogen-bond donors (Lipinski definition) is 0. The van der Waals surface area contributed by atoms with Gasteiger partial charge < -0.3 is 13.6 Å². The van der Waals surface area contributed by atoms with E-state index in [9.17, 15) is 0 Å². The van der Waals surface area contributed by atoms with Crippen molar-refractivity contribution in [3.63, 3.8) is 0 Å². The Morgan fingerprint density at radius 1 is 1.13 bits per heavy atom. The third-order valence-electron chi connectivity index (χ3n) is 1.66. The van der Waals surface area contributed by atoms with Crippen molar-refractivity contribution in [2.24, 2.45) is 0 Å². The van der Waals surface area contributed by atoms with Gasteiger partial charge in [0.05, 0.1) is 7.11 Å². The summed E-state index contributed by atoms with van der Waals surface area (Å²) in [5.74, 6) is 0. The summed E-state index contributed by atoms with van der Waals surface area (Å²) >= 11 is 4.99. The molecule has 0 bridgehead atoms. The van der Waals surface area contributed by atoms with E-state index >= 15 is 0 Å². The lowest BCUT2D eigenvalue weighted by Crippen LogP contribution is -2.29. The van der Waals surface area contributed by atoms with Gasteiger partial charge >= 0.3 is 9.28 Å². The van der Waals surface area contributed by atoms with Gasteiger partial charge in [-0.2, -0.15) is 0 Å². The van der Waals surface area contributed by atoms with E-state index in [1.807, 2.05) is 27.7 Å². The summed E-state index contributed by atoms with van der Waals surface area (Å²) in [6.45, 7) is 8.10. The van der Waals surface area contributed by atoms with Crippen molar-refractivity contribution in [2.75, 3.05) is 7.11 Å². The lowest BCUT2D eigenvalue weighted by molar-refractivity contribution is 0.130. The van der Waals surface area contributed by atoms with E-state index in [2.05, 4.69) is 0 Å². The topological polar surface area (TPSA) is 27.7 Å². The van der Waals surface area contributed by atoms with Gasteiger partial charge in [0.2, 0.25) is 0 Å². The lowest BCUT2D eigenvalue weighted by atomic mass is 10.5. The molecule has 0 atom stereocenters. The molecule has 90 valence electrons. The van der Waals surface area contributed by atoms with Crippen molar-refractivity contribution in [3.8, 4) is 0 Å². The Bertz CT molecular complexity index is 176. The van der Waals surface area contributed by atoms with Gasteiger partial charge in [-0.15, -0.1) is 0 Å². The molecule has 0 saturated heterocycles. The molecule has 0 rings (SSSR count). The molecule has 0 unspecified atom stereocenters. The van der Waals surface area contributed by atoms with Crippen molar-refractivity contribution in [3.05, 3.63) is 0 Å². The highest BCUT2D eigenvalue weighted by Gasteiger charge is 2.17. The second-order valence-electron chi connectivity index (χ2n) is 3.91. The largest absolute Gasteiger partial charge is 0.490 e. The third-order valence-corrected chi connectivity index (χ3v) is 4.49. The molecule has 0 spiro atoms. The van der Waals surface area contributed by atoms with Crippen LogP contribution in [0.15, 0.2) is 0 Å². The molecule has 3 nitrogen and oxygen atoms in total. The molecule has 0 saturated carbocycles. The molecule has 5 heteroatoms. The first-order valence-corrected chi connectivity index (χ1v) is 7.50. The quantitative estimate of drug-likeness (QED) is 0.512. The highest BCUT2D eigenvalue weighted by molar-refractivity contribution is 7.80. The third kappa shape index (κ3) is 8.99.